The Labute approximate surface area is 115 Å². The van der Waals surface area contributed by atoms with Gasteiger partial charge in [0, 0.05) is 38.5 Å². The Morgan fingerprint density at radius 2 is 1.59 bits per heavy atom. The van der Waals surface area contributed by atoms with Crippen LogP contribution in [-0.2, 0) is 28.0 Å². The Kier molecular flexibility index (Phi) is 8.94. The van der Waals surface area contributed by atoms with Crippen LogP contribution in [0.2, 0.25) is 0 Å². The van der Waals surface area contributed by atoms with Gasteiger partial charge in [0.25, 0.3) is 4.93 Å². The standard InChI is InChI=1S/C12H28N2OS2/c1-11(2,7-5-8-13)17-15-12(3,4)16-10-6-9-14/h5-10,13-14H2,1-4H3/p+2. The minimum Gasteiger partial charge on any atom is -0.330 e. The van der Waals surface area contributed by atoms with Gasteiger partial charge in [-0.1, -0.05) is 0 Å². The molecule has 0 rings (SSSR count). The number of hydrogen-bond donors (Lipinski definition) is 2. The molecule has 0 amide bonds. The molecule has 0 aliphatic rings. The smallest absolute Gasteiger partial charge is 0.268 e. The lowest BCUT2D eigenvalue weighted by Crippen LogP contribution is -2.34. The van der Waals surface area contributed by atoms with Gasteiger partial charge in [0.05, 0.1) is 0 Å². The lowest BCUT2D eigenvalue weighted by atomic mass is 10.1. The van der Waals surface area contributed by atoms with Gasteiger partial charge in [-0.05, 0) is 33.4 Å². The van der Waals surface area contributed by atoms with Crippen molar-refractivity contribution in [3.63, 3.8) is 0 Å². The maximum Gasteiger partial charge on any atom is 0.268 e. The molecule has 0 saturated heterocycles. The molecule has 0 heterocycles. The Balaban J connectivity index is 3.89. The van der Waals surface area contributed by atoms with Crippen LogP contribution in [0.1, 0.15) is 47.0 Å². The van der Waals surface area contributed by atoms with E-state index in [-0.39, 0.29) is 9.68 Å². The van der Waals surface area contributed by atoms with Gasteiger partial charge in [0.2, 0.25) is 0 Å². The molecule has 0 fully saturated rings. The molecular weight excluding hydrogens is 252 g/mol. The first kappa shape index (κ1) is 17.6. The van der Waals surface area contributed by atoms with E-state index in [9.17, 15) is 0 Å². The third-order valence-corrected chi connectivity index (χ3v) is 5.17. The number of thiol groups is 2. The summed E-state index contributed by atoms with van der Waals surface area (Å²) in [4.78, 5) is -0.0727. The zero-order valence-corrected chi connectivity index (χ0v) is 13.5. The van der Waals surface area contributed by atoms with Crippen LogP contribution in [0, 0.1) is 0 Å². The van der Waals surface area contributed by atoms with E-state index < -0.39 is 0 Å². The molecule has 104 valence electrons. The van der Waals surface area contributed by atoms with Crippen molar-refractivity contribution in [2.24, 2.45) is 11.5 Å². The van der Waals surface area contributed by atoms with Crippen molar-refractivity contribution in [1.29, 1.82) is 0 Å². The van der Waals surface area contributed by atoms with Gasteiger partial charge in [0.1, 0.15) is 17.8 Å². The fourth-order valence-corrected chi connectivity index (χ4v) is 3.24. The highest BCUT2D eigenvalue weighted by atomic mass is 32.2. The molecule has 0 saturated carbocycles. The highest BCUT2D eigenvalue weighted by Crippen LogP contribution is 2.22. The van der Waals surface area contributed by atoms with Crippen molar-refractivity contribution >= 4 is 23.8 Å². The normalized spacial score (nSPS) is 13.1. The van der Waals surface area contributed by atoms with Gasteiger partial charge in [-0.2, -0.15) is 0 Å². The van der Waals surface area contributed by atoms with Crippen LogP contribution < -0.4 is 11.5 Å². The Hall–Kier alpha value is 0.580. The highest BCUT2D eigenvalue weighted by Gasteiger charge is 2.37. The van der Waals surface area contributed by atoms with Crippen molar-refractivity contribution < 1.29 is 4.18 Å². The van der Waals surface area contributed by atoms with Gasteiger partial charge in [0.15, 0.2) is 4.75 Å². The first-order valence-corrected chi connectivity index (χ1v) is 8.21. The average Bonchev–Trinajstić information content (AvgIpc) is 2.25. The monoisotopic (exact) mass is 282 g/mol. The fourth-order valence-electron chi connectivity index (χ4n) is 1.28. The van der Waals surface area contributed by atoms with E-state index in [1.54, 1.807) is 0 Å². The lowest BCUT2D eigenvalue weighted by Gasteiger charge is -2.18. The third-order valence-electron chi connectivity index (χ3n) is 2.36. The third kappa shape index (κ3) is 10.2. The summed E-state index contributed by atoms with van der Waals surface area (Å²) in [5, 5.41) is 0. The van der Waals surface area contributed by atoms with Crippen LogP contribution in [0.25, 0.3) is 0 Å². The Morgan fingerprint density at radius 1 is 1.00 bits per heavy atom. The van der Waals surface area contributed by atoms with Gasteiger partial charge in [-0.25, -0.2) is 0 Å². The second-order valence-corrected chi connectivity index (χ2v) is 8.77. The molecule has 0 bridgehead atoms. The van der Waals surface area contributed by atoms with Crippen LogP contribution in [0.4, 0.5) is 0 Å². The average molecular weight is 283 g/mol. The minimum absolute atomic E-state index is 0.0727. The molecule has 0 atom stereocenters. The van der Waals surface area contributed by atoms with Crippen molar-refractivity contribution in [3.05, 3.63) is 0 Å². The Bertz CT molecular complexity index is 199. The molecule has 0 aliphatic heterocycles. The van der Waals surface area contributed by atoms with Crippen molar-refractivity contribution in [3.8, 4) is 0 Å². The maximum atomic E-state index is 6.02. The summed E-state index contributed by atoms with van der Waals surface area (Å²) in [6.45, 7) is 10.3. The van der Waals surface area contributed by atoms with E-state index in [0.29, 0.717) is 0 Å². The molecule has 0 unspecified atom stereocenters. The summed E-state index contributed by atoms with van der Waals surface area (Å²) in [6, 6.07) is 0. The van der Waals surface area contributed by atoms with E-state index in [1.807, 2.05) is 0 Å². The molecule has 3 nitrogen and oxygen atoms in total. The van der Waals surface area contributed by atoms with E-state index in [2.05, 4.69) is 27.7 Å². The van der Waals surface area contributed by atoms with Crippen LogP contribution >= 0.6 is 0 Å². The van der Waals surface area contributed by atoms with Gasteiger partial charge in [-0.3, -0.25) is 0 Å². The molecule has 0 aromatic rings. The van der Waals surface area contributed by atoms with Crippen molar-refractivity contribution in [2.75, 3.05) is 18.8 Å². The largest absolute Gasteiger partial charge is 0.330 e. The molecule has 0 aromatic heterocycles. The van der Waals surface area contributed by atoms with E-state index >= 15 is 0 Å². The zero-order valence-electron chi connectivity index (χ0n) is 11.7. The second-order valence-electron chi connectivity index (χ2n) is 5.36. The SMILES string of the molecule is CC(C)(CCCN)[SH+]OC(C)(C)[SH+]CCCN. The van der Waals surface area contributed by atoms with E-state index in [1.165, 1.54) is 11.8 Å². The zero-order chi connectivity index (χ0) is 13.4. The van der Waals surface area contributed by atoms with Crippen LogP contribution in [-0.4, -0.2) is 28.5 Å². The summed E-state index contributed by atoms with van der Waals surface area (Å²) in [7, 11) is 0. The fraction of sp³-hybridized carbons (Fsp3) is 1.00. The summed E-state index contributed by atoms with van der Waals surface area (Å²) in [5.74, 6) is 1.11. The maximum absolute atomic E-state index is 6.02. The summed E-state index contributed by atoms with van der Waals surface area (Å²) >= 11 is 2.39. The molecular formula is C12H30N2OS2+2. The number of rotatable bonds is 10. The van der Waals surface area contributed by atoms with Crippen LogP contribution in [0.3, 0.4) is 0 Å². The quantitative estimate of drug-likeness (QED) is 0.359. The molecule has 0 aliphatic carbocycles. The van der Waals surface area contributed by atoms with E-state index in [0.717, 1.165) is 50.1 Å². The van der Waals surface area contributed by atoms with Gasteiger partial charge < -0.3 is 11.5 Å². The number of hydrogen-bond acceptors (Lipinski definition) is 3. The predicted molar refractivity (Wildman–Crippen MR) is 83.6 cm³/mol. The van der Waals surface area contributed by atoms with Crippen molar-refractivity contribution in [1.82, 2.24) is 0 Å². The molecule has 5 heteroatoms. The van der Waals surface area contributed by atoms with Gasteiger partial charge in [-0.15, -0.1) is 4.18 Å². The lowest BCUT2D eigenvalue weighted by molar-refractivity contribution is 0.238. The topological polar surface area (TPSA) is 61.3 Å². The Morgan fingerprint density at radius 3 is 2.12 bits per heavy atom. The molecule has 4 N–H and O–H groups in total. The van der Waals surface area contributed by atoms with Crippen molar-refractivity contribution in [2.45, 2.75) is 56.6 Å². The van der Waals surface area contributed by atoms with Crippen LogP contribution in [0.15, 0.2) is 0 Å². The molecule has 17 heavy (non-hydrogen) atoms. The molecule has 0 radical (unpaired) electrons. The number of nitrogens with two attached hydrogens (primary N) is 2. The summed E-state index contributed by atoms with van der Waals surface area (Å²) in [5.41, 5.74) is 11.0. The summed E-state index contributed by atoms with van der Waals surface area (Å²) < 4.78 is 6.21. The highest BCUT2D eigenvalue weighted by molar-refractivity contribution is 7.81. The summed E-state index contributed by atoms with van der Waals surface area (Å²) in [6.07, 6.45) is 3.25. The first-order valence-electron chi connectivity index (χ1n) is 6.32. The second kappa shape index (κ2) is 8.64. The van der Waals surface area contributed by atoms with Gasteiger partial charge >= 0.3 is 0 Å². The van der Waals surface area contributed by atoms with E-state index in [4.69, 9.17) is 15.7 Å². The molecule has 0 aromatic carbocycles. The minimum atomic E-state index is -0.0727. The van der Waals surface area contributed by atoms with Crippen LogP contribution in [0.5, 0.6) is 0 Å². The molecule has 0 spiro atoms. The first-order chi connectivity index (χ1) is 7.83. The predicted octanol–water partition coefficient (Wildman–Crippen LogP) is 1.15.